The average molecular weight is 347 g/mol. The van der Waals surface area contributed by atoms with E-state index in [9.17, 15) is 0 Å². The number of ether oxygens (including phenoxy) is 1. The molecule has 1 heterocycles. The van der Waals surface area contributed by atoms with Gasteiger partial charge in [0.25, 0.3) is 0 Å². The van der Waals surface area contributed by atoms with Crippen LogP contribution in [0, 0.1) is 0 Å². The molecule has 1 aromatic carbocycles. The van der Waals surface area contributed by atoms with Crippen LogP contribution in [-0.2, 0) is 12.5 Å². The van der Waals surface area contributed by atoms with Crippen molar-refractivity contribution in [2.75, 3.05) is 0 Å². The summed E-state index contributed by atoms with van der Waals surface area (Å²) < 4.78 is 6.55. The molecule has 0 bridgehead atoms. The Morgan fingerprint density at radius 2 is 2.06 bits per heavy atom. The first-order chi connectivity index (χ1) is 8.69. The van der Waals surface area contributed by atoms with Gasteiger partial charge in [-0.3, -0.25) is 4.98 Å². The van der Waals surface area contributed by atoms with Crippen LogP contribution in [0.4, 0.5) is 0 Å². The second kappa shape index (κ2) is 6.41. The van der Waals surface area contributed by atoms with Gasteiger partial charge in [-0.15, -0.1) is 11.6 Å². The molecule has 0 N–H and O–H groups in total. The molecule has 0 atom stereocenters. The molecule has 0 amide bonds. The quantitative estimate of drug-likeness (QED) is 0.741. The Hall–Kier alpha value is -0.770. The molecule has 5 heteroatoms. The summed E-state index contributed by atoms with van der Waals surface area (Å²) in [4.78, 5) is 4.22. The maximum Gasteiger partial charge on any atom is 0.138 e. The number of aromatic nitrogens is 1. The van der Waals surface area contributed by atoms with Gasteiger partial charge >= 0.3 is 0 Å². The third-order valence-electron chi connectivity index (χ3n) is 2.31. The fourth-order valence-corrected chi connectivity index (χ4v) is 2.05. The highest BCUT2D eigenvalue weighted by Gasteiger charge is 2.04. The molecule has 94 valence electrons. The summed E-state index contributed by atoms with van der Waals surface area (Å²) >= 11 is 15.1. The highest BCUT2D eigenvalue weighted by atomic mass is 79.9. The molecule has 0 radical (unpaired) electrons. The van der Waals surface area contributed by atoms with Crippen LogP contribution in [0.1, 0.15) is 11.3 Å². The van der Waals surface area contributed by atoms with Crippen molar-refractivity contribution in [3.63, 3.8) is 0 Å². The van der Waals surface area contributed by atoms with Crippen LogP contribution in [0.2, 0.25) is 5.02 Å². The van der Waals surface area contributed by atoms with Gasteiger partial charge in [-0.05, 0) is 45.8 Å². The first-order valence-electron chi connectivity index (χ1n) is 5.26. The summed E-state index contributed by atoms with van der Waals surface area (Å²) in [7, 11) is 0. The van der Waals surface area contributed by atoms with E-state index in [0.717, 1.165) is 15.7 Å². The van der Waals surface area contributed by atoms with Crippen LogP contribution in [0.3, 0.4) is 0 Å². The van der Waals surface area contributed by atoms with Crippen molar-refractivity contribution in [3.05, 3.63) is 57.3 Å². The molecule has 0 unspecified atom stereocenters. The molecule has 0 aliphatic rings. The molecular formula is C13H10BrCl2NO. The first-order valence-corrected chi connectivity index (χ1v) is 6.97. The Morgan fingerprint density at radius 3 is 2.67 bits per heavy atom. The van der Waals surface area contributed by atoms with Crippen LogP contribution in [-0.4, -0.2) is 4.98 Å². The third kappa shape index (κ3) is 3.61. The summed E-state index contributed by atoms with van der Waals surface area (Å²) in [6.07, 6.45) is 1.73. The Bertz CT molecular complexity index is 531. The summed E-state index contributed by atoms with van der Waals surface area (Å²) in [5, 5.41) is 0.560. The van der Waals surface area contributed by atoms with Gasteiger partial charge in [0.2, 0.25) is 0 Å². The molecular weight excluding hydrogens is 337 g/mol. The van der Waals surface area contributed by atoms with E-state index < -0.39 is 0 Å². The molecule has 0 saturated carbocycles. The third-order valence-corrected chi connectivity index (χ3v) is 3.39. The van der Waals surface area contributed by atoms with Gasteiger partial charge in [-0.2, -0.15) is 0 Å². The first kappa shape index (κ1) is 13.7. The summed E-state index contributed by atoms with van der Waals surface area (Å²) in [5.74, 6) is 1.07. The zero-order valence-electron chi connectivity index (χ0n) is 9.37. The van der Waals surface area contributed by atoms with Crippen molar-refractivity contribution < 1.29 is 4.74 Å². The lowest BCUT2D eigenvalue weighted by atomic mass is 10.2. The zero-order valence-corrected chi connectivity index (χ0v) is 12.5. The van der Waals surface area contributed by atoms with E-state index in [4.69, 9.17) is 27.9 Å². The lowest BCUT2D eigenvalue weighted by Crippen LogP contribution is -1.98. The number of rotatable bonds is 4. The van der Waals surface area contributed by atoms with Crippen LogP contribution in [0.5, 0.6) is 5.75 Å². The maximum atomic E-state index is 6.09. The average Bonchev–Trinajstić information content (AvgIpc) is 2.39. The van der Waals surface area contributed by atoms with Crippen molar-refractivity contribution in [1.82, 2.24) is 4.98 Å². The number of pyridine rings is 1. The number of benzene rings is 1. The second-order valence-electron chi connectivity index (χ2n) is 3.65. The fourth-order valence-electron chi connectivity index (χ4n) is 1.39. The normalized spacial score (nSPS) is 10.4. The van der Waals surface area contributed by atoms with E-state index in [-0.39, 0.29) is 0 Å². The molecule has 18 heavy (non-hydrogen) atoms. The lowest BCUT2D eigenvalue weighted by Gasteiger charge is -2.08. The Kier molecular flexibility index (Phi) is 4.87. The van der Waals surface area contributed by atoms with Crippen molar-refractivity contribution in [2.24, 2.45) is 0 Å². The van der Waals surface area contributed by atoms with Crippen LogP contribution in [0.25, 0.3) is 0 Å². The van der Waals surface area contributed by atoms with Crippen molar-refractivity contribution in [2.45, 2.75) is 12.5 Å². The Morgan fingerprint density at radius 1 is 1.22 bits per heavy atom. The summed E-state index contributed by atoms with van der Waals surface area (Å²) in [6, 6.07) is 9.33. The maximum absolute atomic E-state index is 6.09. The number of alkyl halides is 1. The fraction of sp³-hybridized carbons (Fsp3) is 0.154. The SMILES string of the molecule is ClCc1ccc(OCc2ccc(Br)cn2)c(Cl)c1. The van der Waals surface area contributed by atoms with E-state index in [2.05, 4.69) is 20.9 Å². The zero-order chi connectivity index (χ0) is 13.0. The van der Waals surface area contributed by atoms with Gasteiger partial charge in [0.1, 0.15) is 12.4 Å². The Balaban J connectivity index is 2.04. The van der Waals surface area contributed by atoms with Gasteiger partial charge in [-0.1, -0.05) is 17.7 Å². The van der Waals surface area contributed by atoms with E-state index in [0.29, 0.717) is 23.3 Å². The van der Waals surface area contributed by atoms with Crippen LogP contribution in [0.15, 0.2) is 41.0 Å². The lowest BCUT2D eigenvalue weighted by molar-refractivity contribution is 0.301. The van der Waals surface area contributed by atoms with Crippen LogP contribution < -0.4 is 4.74 Å². The van der Waals surface area contributed by atoms with Gasteiger partial charge in [0, 0.05) is 16.5 Å². The topological polar surface area (TPSA) is 22.1 Å². The predicted octanol–water partition coefficient (Wildman–Crippen LogP) is 4.82. The monoisotopic (exact) mass is 345 g/mol. The standard InChI is InChI=1S/C13H10BrCl2NO/c14-10-2-3-11(17-7-10)8-18-13-4-1-9(6-15)5-12(13)16/h1-5,7H,6,8H2. The minimum absolute atomic E-state index is 0.382. The molecule has 0 aliphatic heterocycles. The second-order valence-corrected chi connectivity index (χ2v) is 5.24. The number of hydrogen-bond acceptors (Lipinski definition) is 2. The molecule has 1 aromatic heterocycles. The van der Waals surface area contributed by atoms with Gasteiger partial charge < -0.3 is 4.74 Å². The smallest absolute Gasteiger partial charge is 0.138 e. The van der Waals surface area contributed by atoms with Gasteiger partial charge in [0.05, 0.1) is 10.7 Å². The molecule has 0 aliphatic carbocycles. The molecule has 0 spiro atoms. The highest BCUT2D eigenvalue weighted by molar-refractivity contribution is 9.10. The highest BCUT2D eigenvalue weighted by Crippen LogP contribution is 2.26. The predicted molar refractivity (Wildman–Crippen MR) is 77.3 cm³/mol. The molecule has 2 rings (SSSR count). The van der Waals surface area contributed by atoms with Crippen molar-refractivity contribution in [3.8, 4) is 5.75 Å². The minimum atomic E-state index is 0.382. The molecule has 2 nitrogen and oxygen atoms in total. The minimum Gasteiger partial charge on any atom is -0.486 e. The number of hydrogen-bond donors (Lipinski definition) is 0. The number of nitrogens with zero attached hydrogens (tertiary/aromatic N) is 1. The molecule has 2 aromatic rings. The van der Waals surface area contributed by atoms with Gasteiger partial charge in [-0.25, -0.2) is 0 Å². The van der Waals surface area contributed by atoms with E-state index in [1.807, 2.05) is 24.3 Å². The van der Waals surface area contributed by atoms with E-state index in [1.54, 1.807) is 12.3 Å². The summed E-state index contributed by atoms with van der Waals surface area (Å²) in [6.45, 7) is 0.382. The largest absolute Gasteiger partial charge is 0.486 e. The van der Waals surface area contributed by atoms with E-state index in [1.165, 1.54) is 0 Å². The van der Waals surface area contributed by atoms with Crippen molar-refractivity contribution in [1.29, 1.82) is 0 Å². The van der Waals surface area contributed by atoms with Crippen LogP contribution >= 0.6 is 39.1 Å². The van der Waals surface area contributed by atoms with Gasteiger partial charge in [0.15, 0.2) is 0 Å². The summed E-state index contributed by atoms with van der Waals surface area (Å²) in [5.41, 5.74) is 1.81. The Labute approximate surface area is 124 Å². The molecule has 0 fully saturated rings. The van der Waals surface area contributed by atoms with E-state index >= 15 is 0 Å². The van der Waals surface area contributed by atoms with Crippen molar-refractivity contribution >= 4 is 39.1 Å². The molecule has 0 saturated heterocycles. The number of halogens is 3.